The van der Waals surface area contributed by atoms with Gasteiger partial charge in [-0.05, 0) is 38.0 Å². The van der Waals surface area contributed by atoms with E-state index < -0.39 is 5.97 Å². The molecule has 1 saturated heterocycles. The Balaban J connectivity index is 1.69. The van der Waals surface area contributed by atoms with Crippen LogP contribution in [-0.4, -0.2) is 50.5 Å². The Bertz CT molecular complexity index is 810. The van der Waals surface area contributed by atoms with Crippen molar-refractivity contribution < 1.29 is 19.5 Å². The summed E-state index contributed by atoms with van der Waals surface area (Å²) >= 11 is 1.22. The first-order valence-corrected chi connectivity index (χ1v) is 8.91. The molecule has 0 bridgehead atoms. The minimum absolute atomic E-state index is 0.0375. The molecule has 8 heteroatoms. The van der Waals surface area contributed by atoms with Gasteiger partial charge in [-0.1, -0.05) is 0 Å². The number of carbonyl (C=O) groups excluding carboxylic acids is 2. The Morgan fingerprint density at radius 1 is 1.28 bits per heavy atom. The van der Waals surface area contributed by atoms with Crippen molar-refractivity contribution in [3.63, 3.8) is 0 Å². The van der Waals surface area contributed by atoms with Gasteiger partial charge < -0.3 is 10.0 Å². The molecule has 3 heterocycles. The van der Waals surface area contributed by atoms with Crippen LogP contribution in [0.15, 0.2) is 24.4 Å². The largest absolute Gasteiger partial charge is 0.480 e. The smallest absolute Gasteiger partial charge is 0.325 e. The van der Waals surface area contributed by atoms with Gasteiger partial charge in [-0.25, -0.2) is 0 Å². The van der Waals surface area contributed by atoms with Gasteiger partial charge >= 0.3 is 5.97 Å². The van der Waals surface area contributed by atoms with Crippen LogP contribution in [0, 0.1) is 0 Å². The van der Waals surface area contributed by atoms with E-state index in [1.54, 1.807) is 23.2 Å². The topological polar surface area (TPSA) is 92.5 Å². The van der Waals surface area contributed by atoms with Crippen molar-refractivity contribution in [2.45, 2.75) is 32.2 Å². The second-order valence-corrected chi connectivity index (χ2v) is 7.23. The highest BCUT2D eigenvalue weighted by Crippen LogP contribution is 2.28. The maximum atomic E-state index is 12.7. The third-order valence-corrected chi connectivity index (χ3v) is 5.42. The number of carboxylic acid groups (broad SMARTS) is 1. The fourth-order valence-corrected chi connectivity index (χ4v) is 3.89. The zero-order valence-electron chi connectivity index (χ0n) is 13.8. The number of thiophene rings is 1. The number of amides is 1. The maximum Gasteiger partial charge on any atom is 0.325 e. The van der Waals surface area contributed by atoms with Gasteiger partial charge in [0.2, 0.25) is 0 Å². The number of carbonyl (C=O) groups is 3. The molecule has 0 saturated carbocycles. The first kappa shape index (κ1) is 17.3. The summed E-state index contributed by atoms with van der Waals surface area (Å²) in [5.74, 6) is -0.939. The first-order valence-electron chi connectivity index (χ1n) is 8.09. The van der Waals surface area contributed by atoms with Crippen molar-refractivity contribution in [2.24, 2.45) is 0 Å². The lowest BCUT2D eigenvalue weighted by Gasteiger charge is -2.31. The molecule has 1 fully saturated rings. The van der Waals surface area contributed by atoms with Crippen LogP contribution >= 0.6 is 11.3 Å². The van der Waals surface area contributed by atoms with Crippen molar-refractivity contribution >= 4 is 29.0 Å². The number of nitrogens with zero attached hydrogens (tertiary/aromatic N) is 3. The van der Waals surface area contributed by atoms with E-state index in [1.807, 2.05) is 6.07 Å². The Labute approximate surface area is 148 Å². The van der Waals surface area contributed by atoms with Crippen molar-refractivity contribution in [1.82, 2.24) is 14.7 Å². The molecule has 1 unspecified atom stereocenters. The number of aliphatic carboxylic acids is 1. The SMILES string of the molecule is CC(=O)c1ccc(C(=O)N2CCCC(c3ccn(CC(=O)O)n3)C2)s1. The summed E-state index contributed by atoms with van der Waals surface area (Å²) in [6.45, 7) is 2.55. The first-order chi connectivity index (χ1) is 11.9. The Kier molecular flexibility index (Phi) is 4.98. The van der Waals surface area contributed by atoms with Crippen molar-refractivity contribution in [3.8, 4) is 0 Å². The molecule has 0 aromatic carbocycles. The number of piperidine rings is 1. The molecular weight excluding hydrogens is 342 g/mol. The molecule has 0 aliphatic carbocycles. The molecule has 2 aromatic heterocycles. The minimum Gasteiger partial charge on any atom is -0.480 e. The highest BCUT2D eigenvalue weighted by atomic mass is 32.1. The molecule has 1 atom stereocenters. The molecule has 0 spiro atoms. The second kappa shape index (κ2) is 7.18. The van der Waals surface area contributed by atoms with Crippen molar-refractivity contribution in [3.05, 3.63) is 39.8 Å². The quantitative estimate of drug-likeness (QED) is 0.825. The standard InChI is InChI=1S/C17H19N3O4S/c1-11(21)14-4-5-15(25-14)17(24)19-7-2-3-12(9-19)13-6-8-20(18-13)10-16(22)23/h4-6,8,12H,2-3,7,9-10H2,1H3,(H,22,23). The van der Waals surface area contributed by atoms with E-state index in [0.717, 1.165) is 18.5 Å². The molecule has 7 nitrogen and oxygen atoms in total. The summed E-state index contributed by atoms with van der Waals surface area (Å²) < 4.78 is 1.40. The molecule has 1 amide bonds. The van der Waals surface area contributed by atoms with E-state index in [1.165, 1.54) is 22.9 Å². The van der Waals surface area contributed by atoms with Gasteiger partial charge in [0.05, 0.1) is 15.4 Å². The fraction of sp³-hybridized carbons (Fsp3) is 0.412. The summed E-state index contributed by atoms with van der Waals surface area (Å²) in [6.07, 6.45) is 3.44. The normalized spacial score (nSPS) is 17.5. The number of hydrogen-bond acceptors (Lipinski definition) is 5. The van der Waals surface area contributed by atoms with E-state index in [4.69, 9.17) is 5.11 Å². The third kappa shape index (κ3) is 3.96. The van der Waals surface area contributed by atoms with Crippen molar-refractivity contribution in [1.29, 1.82) is 0 Å². The van der Waals surface area contributed by atoms with E-state index in [-0.39, 0.29) is 24.2 Å². The molecule has 1 N–H and O–H groups in total. The minimum atomic E-state index is -0.936. The summed E-state index contributed by atoms with van der Waals surface area (Å²) in [6, 6.07) is 5.21. The molecule has 1 aliphatic heterocycles. The van der Waals surface area contributed by atoms with Gasteiger partial charge in [-0.15, -0.1) is 11.3 Å². The van der Waals surface area contributed by atoms with E-state index in [0.29, 0.717) is 22.8 Å². The monoisotopic (exact) mass is 361 g/mol. The number of Topliss-reactive ketones (excluding diaryl/α,β-unsaturated/α-hetero) is 1. The third-order valence-electron chi connectivity index (χ3n) is 4.25. The van der Waals surface area contributed by atoms with Crippen LogP contribution in [0.4, 0.5) is 0 Å². The highest BCUT2D eigenvalue weighted by molar-refractivity contribution is 7.15. The van der Waals surface area contributed by atoms with Gasteiger partial charge in [0.1, 0.15) is 6.54 Å². The number of hydrogen-bond donors (Lipinski definition) is 1. The number of rotatable bonds is 5. The van der Waals surface area contributed by atoms with Crippen LogP contribution in [0.2, 0.25) is 0 Å². The zero-order chi connectivity index (χ0) is 18.0. The Morgan fingerprint density at radius 3 is 2.72 bits per heavy atom. The Hall–Kier alpha value is -2.48. The number of carboxylic acids is 1. The summed E-state index contributed by atoms with van der Waals surface area (Å²) in [4.78, 5) is 37.8. The van der Waals surface area contributed by atoms with E-state index in [9.17, 15) is 14.4 Å². The fourth-order valence-electron chi connectivity index (χ4n) is 3.02. The van der Waals surface area contributed by atoms with Crippen LogP contribution in [0.5, 0.6) is 0 Å². The van der Waals surface area contributed by atoms with Gasteiger partial charge in [-0.3, -0.25) is 19.1 Å². The van der Waals surface area contributed by atoms with E-state index >= 15 is 0 Å². The van der Waals surface area contributed by atoms with Gasteiger partial charge in [0.15, 0.2) is 5.78 Å². The van der Waals surface area contributed by atoms with Gasteiger partial charge in [-0.2, -0.15) is 5.10 Å². The molecular formula is C17H19N3O4S. The summed E-state index contributed by atoms with van der Waals surface area (Å²) in [7, 11) is 0. The molecule has 132 valence electrons. The van der Waals surface area contributed by atoms with Crippen LogP contribution in [0.25, 0.3) is 0 Å². The number of likely N-dealkylation sites (tertiary alicyclic amines) is 1. The molecule has 25 heavy (non-hydrogen) atoms. The van der Waals surface area contributed by atoms with Crippen LogP contribution in [0.1, 0.15) is 50.7 Å². The Morgan fingerprint density at radius 2 is 2.04 bits per heavy atom. The lowest BCUT2D eigenvalue weighted by molar-refractivity contribution is -0.137. The molecule has 2 aromatic rings. The molecule has 1 aliphatic rings. The van der Waals surface area contributed by atoms with Crippen LogP contribution in [0.3, 0.4) is 0 Å². The predicted molar refractivity (Wildman–Crippen MR) is 92.1 cm³/mol. The summed E-state index contributed by atoms with van der Waals surface area (Å²) in [5, 5.41) is 13.2. The van der Waals surface area contributed by atoms with Crippen molar-refractivity contribution in [2.75, 3.05) is 13.1 Å². The second-order valence-electron chi connectivity index (χ2n) is 6.14. The summed E-state index contributed by atoms with van der Waals surface area (Å²) in [5.41, 5.74) is 0.814. The lowest BCUT2D eigenvalue weighted by Crippen LogP contribution is -2.38. The van der Waals surface area contributed by atoms with E-state index in [2.05, 4.69) is 5.10 Å². The molecule has 0 radical (unpaired) electrons. The molecule has 3 rings (SSSR count). The highest BCUT2D eigenvalue weighted by Gasteiger charge is 2.27. The number of aromatic nitrogens is 2. The van der Waals surface area contributed by atoms with Gasteiger partial charge in [0, 0.05) is 25.2 Å². The maximum absolute atomic E-state index is 12.7. The van der Waals surface area contributed by atoms with Crippen LogP contribution in [-0.2, 0) is 11.3 Å². The average Bonchev–Trinajstić information content (AvgIpc) is 3.23. The predicted octanol–water partition coefficient (Wildman–Crippen LogP) is 2.25. The number of ketones is 1. The lowest BCUT2D eigenvalue weighted by atomic mass is 9.95. The van der Waals surface area contributed by atoms with Gasteiger partial charge in [0.25, 0.3) is 5.91 Å². The van der Waals surface area contributed by atoms with Crippen LogP contribution < -0.4 is 0 Å². The average molecular weight is 361 g/mol. The zero-order valence-corrected chi connectivity index (χ0v) is 14.7.